The Balaban J connectivity index is 3.40. The Hall–Kier alpha value is -1.09. The zero-order valence-corrected chi connectivity index (χ0v) is 6.61. The van der Waals surface area contributed by atoms with Crippen molar-refractivity contribution in [2.24, 2.45) is 0 Å². The Bertz CT molecular complexity index is 343. The zero-order valence-electron chi connectivity index (χ0n) is 5.85. The number of nitrogens with one attached hydrogen (secondary N) is 1. The Morgan fingerprint density at radius 2 is 2.18 bits per heavy atom. The maximum absolute atomic E-state index is 11.1. The summed E-state index contributed by atoms with van der Waals surface area (Å²) in [6, 6.07) is 0. The average Bonchev–Trinajstić information content (AvgIpc) is 1.94. The maximum Gasteiger partial charge on any atom is 0.257 e. The predicted molar refractivity (Wildman–Crippen MR) is 42.0 cm³/mol. The van der Waals surface area contributed by atoms with Crippen LogP contribution in [0.15, 0.2) is 17.2 Å². The molecule has 1 rings (SSSR count). The van der Waals surface area contributed by atoms with Crippen molar-refractivity contribution in [3.63, 3.8) is 0 Å². The van der Waals surface area contributed by atoms with E-state index in [-0.39, 0.29) is 11.0 Å². The van der Waals surface area contributed by atoms with Gasteiger partial charge in [0.15, 0.2) is 5.43 Å². The molecule has 0 saturated heterocycles. The third-order valence-electron chi connectivity index (χ3n) is 1.34. The first-order chi connectivity index (χ1) is 5.13. The number of pyridine rings is 1. The van der Waals surface area contributed by atoms with Crippen LogP contribution >= 0.6 is 11.6 Å². The molecule has 11 heavy (non-hydrogen) atoms. The van der Waals surface area contributed by atoms with Crippen molar-refractivity contribution < 1.29 is 4.79 Å². The first kappa shape index (κ1) is 8.01. The largest absolute Gasteiger partial charge is 0.366 e. The van der Waals surface area contributed by atoms with Gasteiger partial charge in [-0.1, -0.05) is 0 Å². The lowest BCUT2D eigenvalue weighted by Crippen LogP contribution is -2.14. The van der Waals surface area contributed by atoms with E-state index in [0.717, 1.165) is 0 Å². The van der Waals surface area contributed by atoms with Gasteiger partial charge in [0.25, 0.3) is 5.24 Å². The summed E-state index contributed by atoms with van der Waals surface area (Å²) in [6.07, 6.45) is 2.82. The summed E-state index contributed by atoms with van der Waals surface area (Å²) < 4.78 is 0. The second-order valence-electron chi connectivity index (χ2n) is 2.15. The van der Waals surface area contributed by atoms with Crippen LogP contribution in [0.3, 0.4) is 0 Å². The highest BCUT2D eigenvalue weighted by Gasteiger charge is 2.07. The fourth-order valence-corrected chi connectivity index (χ4v) is 0.880. The Morgan fingerprint density at radius 1 is 1.55 bits per heavy atom. The lowest BCUT2D eigenvalue weighted by molar-refractivity contribution is 0.108. The first-order valence-corrected chi connectivity index (χ1v) is 3.38. The minimum Gasteiger partial charge on any atom is -0.366 e. The number of rotatable bonds is 1. The van der Waals surface area contributed by atoms with E-state index >= 15 is 0 Å². The molecule has 0 aliphatic heterocycles. The molecular formula is C7H6ClNO2. The molecule has 0 saturated carbocycles. The standard InChI is InChI=1S/C7H6ClNO2/c1-4-2-9-3-5(6(4)10)7(8)11/h2-3H,1H3,(H,9,10). The van der Waals surface area contributed by atoms with Crippen molar-refractivity contribution in [1.82, 2.24) is 4.98 Å². The van der Waals surface area contributed by atoms with Crippen molar-refractivity contribution in [2.45, 2.75) is 6.92 Å². The fraction of sp³-hybridized carbons (Fsp3) is 0.143. The molecule has 0 aliphatic carbocycles. The zero-order chi connectivity index (χ0) is 8.43. The van der Waals surface area contributed by atoms with Crippen molar-refractivity contribution in [1.29, 1.82) is 0 Å². The van der Waals surface area contributed by atoms with Crippen LogP contribution in [0, 0.1) is 6.92 Å². The normalized spacial score (nSPS) is 9.64. The minimum absolute atomic E-state index is 0.00772. The molecule has 0 aromatic carbocycles. The van der Waals surface area contributed by atoms with Gasteiger partial charge in [0.1, 0.15) is 0 Å². The van der Waals surface area contributed by atoms with E-state index in [1.165, 1.54) is 12.4 Å². The molecule has 1 aromatic rings. The number of hydrogen-bond donors (Lipinski definition) is 1. The summed E-state index contributed by atoms with van der Waals surface area (Å²) >= 11 is 5.12. The second kappa shape index (κ2) is 2.88. The van der Waals surface area contributed by atoms with Gasteiger partial charge in [-0.25, -0.2) is 0 Å². The van der Waals surface area contributed by atoms with Gasteiger partial charge in [0.2, 0.25) is 0 Å². The molecule has 1 aromatic heterocycles. The maximum atomic E-state index is 11.1. The molecule has 0 atom stereocenters. The number of halogens is 1. The number of hydrogen-bond acceptors (Lipinski definition) is 2. The Kier molecular flexibility index (Phi) is 2.10. The van der Waals surface area contributed by atoms with Crippen LogP contribution in [0.25, 0.3) is 0 Å². The molecule has 4 heteroatoms. The van der Waals surface area contributed by atoms with Gasteiger partial charge in [0.05, 0.1) is 5.56 Å². The first-order valence-electron chi connectivity index (χ1n) is 3.00. The van der Waals surface area contributed by atoms with Crippen LogP contribution in [-0.2, 0) is 0 Å². The predicted octanol–water partition coefficient (Wildman–Crippen LogP) is 1.06. The molecule has 0 spiro atoms. The highest BCUT2D eigenvalue weighted by atomic mass is 35.5. The van der Waals surface area contributed by atoms with Crippen molar-refractivity contribution in [3.8, 4) is 0 Å². The summed E-state index contributed by atoms with van der Waals surface area (Å²) in [6.45, 7) is 1.61. The summed E-state index contributed by atoms with van der Waals surface area (Å²) in [4.78, 5) is 24.3. The van der Waals surface area contributed by atoms with Crippen LogP contribution in [0.1, 0.15) is 15.9 Å². The summed E-state index contributed by atoms with van der Waals surface area (Å²) in [5.74, 6) is 0. The van der Waals surface area contributed by atoms with Gasteiger partial charge >= 0.3 is 0 Å². The van der Waals surface area contributed by atoms with E-state index in [2.05, 4.69) is 4.98 Å². The van der Waals surface area contributed by atoms with Crippen molar-refractivity contribution >= 4 is 16.8 Å². The van der Waals surface area contributed by atoms with Crippen LogP contribution in [0.4, 0.5) is 0 Å². The van der Waals surface area contributed by atoms with E-state index in [1.807, 2.05) is 0 Å². The van der Waals surface area contributed by atoms with Crippen molar-refractivity contribution in [3.05, 3.63) is 33.7 Å². The molecule has 58 valence electrons. The van der Waals surface area contributed by atoms with Gasteiger partial charge < -0.3 is 4.98 Å². The lowest BCUT2D eigenvalue weighted by atomic mass is 10.2. The molecule has 1 heterocycles. The van der Waals surface area contributed by atoms with E-state index in [9.17, 15) is 9.59 Å². The number of carbonyl (C=O) groups excluding carboxylic acids is 1. The quantitative estimate of drug-likeness (QED) is 0.643. The Morgan fingerprint density at radius 3 is 2.64 bits per heavy atom. The highest BCUT2D eigenvalue weighted by Crippen LogP contribution is 1.96. The highest BCUT2D eigenvalue weighted by molar-refractivity contribution is 6.67. The summed E-state index contributed by atoms with van der Waals surface area (Å²) in [7, 11) is 0. The summed E-state index contributed by atoms with van der Waals surface area (Å²) in [5, 5.41) is -0.727. The topological polar surface area (TPSA) is 49.9 Å². The molecule has 1 N–H and O–H groups in total. The number of aromatic amines is 1. The number of aromatic nitrogens is 1. The van der Waals surface area contributed by atoms with Gasteiger partial charge in [0, 0.05) is 18.0 Å². The van der Waals surface area contributed by atoms with E-state index < -0.39 is 5.24 Å². The minimum atomic E-state index is -0.727. The van der Waals surface area contributed by atoms with E-state index in [4.69, 9.17) is 11.6 Å². The second-order valence-corrected chi connectivity index (χ2v) is 2.50. The third kappa shape index (κ3) is 1.49. The number of aryl methyl sites for hydroxylation is 1. The van der Waals surface area contributed by atoms with Crippen LogP contribution < -0.4 is 5.43 Å². The average molecular weight is 172 g/mol. The van der Waals surface area contributed by atoms with Crippen molar-refractivity contribution in [2.75, 3.05) is 0 Å². The lowest BCUT2D eigenvalue weighted by Gasteiger charge is -1.93. The van der Waals surface area contributed by atoms with E-state index in [0.29, 0.717) is 5.56 Å². The smallest absolute Gasteiger partial charge is 0.257 e. The van der Waals surface area contributed by atoms with E-state index in [1.54, 1.807) is 6.92 Å². The molecule has 3 nitrogen and oxygen atoms in total. The molecular weight excluding hydrogens is 166 g/mol. The molecule has 0 amide bonds. The molecule has 0 aliphatic rings. The monoisotopic (exact) mass is 171 g/mol. The molecule has 0 radical (unpaired) electrons. The SMILES string of the molecule is Cc1c[nH]cc(C(=O)Cl)c1=O. The van der Waals surface area contributed by atoms with Gasteiger partial charge in [-0.3, -0.25) is 9.59 Å². The van der Waals surface area contributed by atoms with Crippen LogP contribution in [0.5, 0.6) is 0 Å². The number of carbonyl (C=O) groups is 1. The third-order valence-corrected chi connectivity index (χ3v) is 1.55. The molecule has 0 unspecified atom stereocenters. The van der Waals surface area contributed by atoms with Gasteiger partial charge in [-0.15, -0.1) is 0 Å². The molecule has 0 fully saturated rings. The fourth-order valence-electron chi connectivity index (χ4n) is 0.740. The molecule has 0 bridgehead atoms. The van der Waals surface area contributed by atoms with Crippen LogP contribution in [-0.4, -0.2) is 10.2 Å². The Labute approximate surface area is 68.0 Å². The summed E-state index contributed by atoms with van der Waals surface area (Å²) in [5.41, 5.74) is 0.159. The number of H-pyrrole nitrogens is 1. The van der Waals surface area contributed by atoms with Crippen LogP contribution in [0.2, 0.25) is 0 Å². The van der Waals surface area contributed by atoms with Gasteiger partial charge in [-0.05, 0) is 18.5 Å². The van der Waals surface area contributed by atoms with Gasteiger partial charge in [-0.2, -0.15) is 0 Å².